The number of aryl methyl sites for hydroxylation is 2. The van der Waals surface area contributed by atoms with Crippen LogP contribution in [0.1, 0.15) is 27.2 Å². The van der Waals surface area contributed by atoms with Gasteiger partial charge < -0.3 is 4.42 Å². The average molecular weight is 268 g/mol. The van der Waals surface area contributed by atoms with Crippen molar-refractivity contribution in [2.75, 3.05) is 0 Å². The maximum atomic E-state index is 13.5. The van der Waals surface area contributed by atoms with Crippen LogP contribution in [0, 0.1) is 19.7 Å². The predicted octanol–water partition coefficient (Wildman–Crippen LogP) is 4.42. The summed E-state index contributed by atoms with van der Waals surface area (Å²) in [7, 11) is 0. The summed E-state index contributed by atoms with van der Waals surface area (Å²) < 4.78 is 19.1. The van der Waals surface area contributed by atoms with Gasteiger partial charge in [-0.3, -0.25) is 4.79 Å². The molecule has 2 nitrogen and oxygen atoms in total. The molecule has 3 aromatic rings. The smallest absolute Gasteiger partial charge is 0.228 e. The van der Waals surface area contributed by atoms with Crippen LogP contribution in [0.4, 0.5) is 4.39 Å². The minimum atomic E-state index is -0.386. The minimum absolute atomic E-state index is 0.230. The number of carbonyl (C=O) groups is 1. The van der Waals surface area contributed by atoms with Crippen LogP contribution in [-0.2, 0) is 0 Å². The van der Waals surface area contributed by atoms with Gasteiger partial charge in [0, 0.05) is 10.9 Å². The minimum Gasteiger partial charge on any atom is -0.453 e. The zero-order chi connectivity index (χ0) is 14.3. The summed E-state index contributed by atoms with van der Waals surface area (Å²) in [6, 6.07) is 11.8. The highest BCUT2D eigenvalue weighted by Crippen LogP contribution is 2.23. The highest BCUT2D eigenvalue weighted by molar-refractivity contribution is 6.09. The second-order valence-corrected chi connectivity index (χ2v) is 4.95. The topological polar surface area (TPSA) is 30.2 Å². The van der Waals surface area contributed by atoms with E-state index in [0.29, 0.717) is 16.7 Å². The Labute approximate surface area is 115 Å². The van der Waals surface area contributed by atoms with Crippen LogP contribution in [0.25, 0.3) is 11.0 Å². The fourth-order valence-corrected chi connectivity index (χ4v) is 2.15. The third-order valence-electron chi connectivity index (χ3n) is 3.33. The van der Waals surface area contributed by atoms with Gasteiger partial charge in [-0.05, 0) is 43.7 Å². The largest absolute Gasteiger partial charge is 0.453 e. The quantitative estimate of drug-likeness (QED) is 0.644. The number of rotatable bonds is 2. The Kier molecular flexibility index (Phi) is 2.90. The summed E-state index contributed by atoms with van der Waals surface area (Å²) in [6.45, 7) is 3.64. The fourth-order valence-electron chi connectivity index (χ4n) is 2.15. The van der Waals surface area contributed by atoms with Crippen molar-refractivity contribution in [3.8, 4) is 0 Å². The number of ketones is 1. The van der Waals surface area contributed by atoms with E-state index in [9.17, 15) is 9.18 Å². The van der Waals surface area contributed by atoms with Crippen LogP contribution in [0.2, 0.25) is 0 Å². The Morgan fingerprint density at radius 2 is 1.85 bits per heavy atom. The molecule has 100 valence electrons. The first-order chi connectivity index (χ1) is 9.54. The molecule has 0 saturated heterocycles. The van der Waals surface area contributed by atoms with Crippen LogP contribution in [0.3, 0.4) is 0 Å². The average Bonchev–Trinajstić information content (AvgIpc) is 2.84. The summed E-state index contributed by atoms with van der Waals surface area (Å²) in [4.78, 5) is 12.3. The van der Waals surface area contributed by atoms with Crippen LogP contribution in [-0.4, -0.2) is 5.78 Å². The number of hydrogen-bond acceptors (Lipinski definition) is 2. The monoisotopic (exact) mass is 268 g/mol. The van der Waals surface area contributed by atoms with Gasteiger partial charge >= 0.3 is 0 Å². The fraction of sp³-hybridized carbons (Fsp3) is 0.118. The standard InChI is InChI=1S/C17H13FO2/c1-10-3-6-15-13(7-10)9-16(20-15)17(19)12-5-4-11(2)14(18)8-12/h3-9H,1-2H3. The lowest BCUT2D eigenvalue weighted by atomic mass is 10.1. The van der Waals surface area contributed by atoms with Crippen molar-refractivity contribution in [1.82, 2.24) is 0 Å². The lowest BCUT2D eigenvalue weighted by Gasteiger charge is -2.00. The number of fused-ring (bicyclic) bond motifs is 1. The second kappa shape index (κ2) is 4.60. The van der Waals surface area contributed by atoms with Gasteiger partial charge in [0.1, 0.15) is 11.4 Å². The molecule has 3 heteroatoms. The molecule has 0 spiro atoms. The van der Waals surface area contributed by atoms with Crippen molar-refractivity contribution in [1.29, 1.82) is 0 Å². The number of furan rings is 1. The first-order valence-electron chi connectivity index (χ1n) is 6.35. The lowest BCUT2D eigenvalue weighted by molar-refractivity contribution is 0.101. The molecular formula is C17H13FO2. The summed E-state index contributed by atoms with van der Waals surface area (Å²) in [5.74, 6) is -0.464. The molecule has 0 aliphatic heterocycles. The molecule has 0 amide bonds. The molecule has 0 bridgehead atoms. The van der Waals surface area contributed by atoms with Crippen LogP contribution in [0.5, 0.6) is 0 Å². The third-order valence-corrected chi connectivity index (χ3v) is 3.33. The second-order valence-electron chi connectivity index (χ2n) is 4.95. The first kappa shape index (κ1) is 12.6. The van der Waals surface area contributed by atoms with Gasteiger partial charge in [-0.25, -0.2) is 4.39 Å². The summed E-state index contributed by atoms with van der Waals surface area (Å²) >= 11 is 0. The molecule has 0 N–H and O–H groups in total. The molecule has 0 radical (unpaired) electrons. The number of halogens is 1. The maximum Gasteiger partial charge on any atom is 0.228 e. The molecule has 0 aliphatic rings. The Bertz CT molecular complexity index is 815. The molecule has 0 aliphatic carbocycles. The molecule has 1 heterocycles. The van der Waals surface area contributed by atoms with E-state index < -0.39 is 0 Å². The Hall–Kier alpha value is -2.42. The van der Waals surface area contributed by atoms with Crippen molar-refractivity contribution in [3.63, 3.8) is 0 Å². The summed E-state index contributed by atoms with van der Waals surface area (Å²) in [5, 5.41) is 0.876. The molecule has 0 fully saturated rings. The van der Waals surface area contributed by atoms with E-state index in [1.165, 1.54) is 6.07 Å². The number of hydrogen-bond donors (Lipinski definition) is 0. The predicted molar refractivity (Wildman–Crippen MR) is 75.5 cm³/mol. The Balaban J connectivity index is 2.05. The van der Waals surface area contributed by atoms with E-state index in [-0.39, 0.29) is 17.4 Å². The molecule has 0 unspecified atom stereocenters. The molecule has 0 atom stereocenters. The number of carbonyl (C=O) groups excluding carboxylic acids is 1. The van der Waals surface area contributed by atoms with Gasteiger partial charge in [0.25, 0.3) is 0 Å². The van der Waals surface area contributed by atoms with Gasteiger partial charge in [-0.1, -0.05) is 23.8 Å². The SMILES string of the molecule is Cc1ccc2oc(C(=O)c3ccc(C)c(F)c3)cc2c1. The highest BCUT2D eigenvalue weighted by Gasteiger charge is 2.15. The van der Waals surface area contributed by atoms with E-state index in [2.05, 4.69) is 0 Å². The highest BCUT2D eigenvalue weighted by atomic mass is 19.1. The van der Waals surface area contributed by atoms with E-state index >= 15 is 0 Å². The first-order valence-corrected chi connectivity index (χ1v) is 6.35. The van der Waals surface area contributed by atoms with E-state index in [4.69, 9.17) is 4.42 Å². The van der Waals surface area contributed by atoms with Gasteiger partial charge in [0.2, 0.25) is 5.78 Å². The van der Waals surface area contributed by atoms with Crippen LogP contribution < -0.4 is 0 Å². The van der Waals surface area contributed by atoms with Crippen LogP contribution in [0.15, 0.2) is 46.9 Å². The molecule has 20 heavy (non-hydrogen) atoms. The normalized spacial score (nSPS) is 10.9. The van der Waals surface area contributed by atoms with Crippen molar-refractivity contribution < 1.29 is 13.6 Å². The molecule has 0 saturated carbocycles. The van der Waals surface area contributed by atoms with Gasteiger partial charge in [0.15, 0.2) is 5.76 Å². The molecule has 3 rings (SSSR count). The summed E-state index contributed by atoms with van der Waals surface area (Å²) in [6.07, 6.45) is 0. The molecule has 1 aromatic heterocycles. The van der Waals surface area contributed by atoms with E-state index in [1.807, 2.05) is 25.1 Å². The van der Waals surface area contributed by atoms with Crippen molar-refractivity contribution in [2.24, 2.45) is 0 Å². The third kappa shape index (κ3) is 2.11. The molecule has 2 aromatic carbocycles. The van der Waals surface area contributed by atoms with Gasteiger partial charge in [-0.2, -0.15) is 0 Å². The zero-order valence-electron chi connectivity index (χ0n) is 11.2. The summed E-state index contributed by atoms with van der Waals surface area (Å²) in [5.41, 5.74) is 2.57. The Morgan fingerprint density at radius 3 is 2.60 bits per heavy atom. The lowest BCUT2D eigenvalue weighted by Crippen LogP contribution is -2.00. The van der Waals surface area contributed by atoms with Crippen molar-refractivity contribution in [2.45, 2.75) is 13.8 Å². The van der Waals surface area contributed by atoms with Crippen molar-refractivity contribution >= 4 is 16.8 Å². The maximum absolute atomic E-state index is 13.5. The Morgan fingerprint density at radius 1 is 1.05 bits per heavy atom. The van der Waals surface area contributed by atoms with E-state index in [1.54, 1.807) is 25.1 Å². The van der Waals surface area contributed by atoms with E-state index in [0.717, 1.165) is 10.9 Å². The molecular weight excluding hydrogens is 255 g/mol. The van der Waals surface area contributed by atoms with Gasteiger partial charge in [0.05, 0.1) is 0 Å². The zero-order valence-corrected chi connectivity index (χ0v) is 11.2. The van der Waals surface area contributed by atoms with Gasteiger partial charge in [-0.15, -0.1) is 0 Å². The van der Waals surface area contributed by atoms with Crippen LogP contribution >= 0.6 is 0 Å². The number of benzene rings is 2. The van der Waals surface area contributed by atoms with Crippen molar-refractivity contribution in [3.05, 3.63) is 70.7 Å².